The Balaban J connectivity index is 2.42. The highest BCUT2D eigenvalue weighted by Crippen LogP contribution is 2.20. The van der Waals surface area contributed by atoms with Crippen LogP contribution < -0.4 is 0 Å². The number of carboxylic acid groups (broad SMARTS) is 1. The van der Waals surface area contributed by atoms with Crippen LogP contribution in [-0.2, 0) is 11.3 Å². The van der Waals surface area contributed by atoms with Crippen LogP contribution in [-0.4, -0.2) is 34.9 Å². The van der Waals surface area contributed by atoms with Crippen molar-refractivity contribution in [2.24, 2.45) is 0 Å². The highest BCUT2D eigenvalue weighted by atomic mass is 79.9. The van der Waals surface area contributed by atoms with Gasteiger partial charge in [0.2, 0.25) is 0 Å². The largest absolute Gasteiger partial charge is 0.480 e. The van der Waals surface area contributed by atoms with Gasteiger partial charge in [-0.3, -0.25) is 9.69 Å². The van der Waals surface area contributed by atoms with E-state index in [1.54, 1.807) is 11.3 Å². The summed E-state index contributed by atoms with van der Waals surface area (Å²) in [7, 11) is 1.85. The van der Waals surface area contributed by atoms with E-state index in [-0.39, 0.29) is 0 Å². The molecule has 0 saturated heterocycles. The zero-order chi connectivity index (χ0) is 11.4. The lowest BCUT2D eigenvalue weighted by Crippen LogP contribution is -2.30. The summed E-state index contributed by atoms with van der Waals surface area (Å²) in [6.45, 7) is 1.05. The summed E-state index contributed by atoms with van der Waals surface area (Å²) in [5.41, 5.74) is 0. The lowest BCUT2D eigenvalue weighted by atomic mass is 10.3. The van der Waals surface area contributed by atoms with Gasteiger partial charge in [-0.2, -0.15) is 0 Å². The van der Waals surface area contributed by atoms with Gasteiger partial charge in [-0.15, -0.1) is 22.9 Å². The fraction of sp³-hybridized carbons (Fsp3) is 0.444. The summed E-state index contributed by atoms with van der Waals surface area (Å²) in [6, 6.07) is 2.02. The standard InChI is InChI=1S/C9H11BrClNO2S/c1-12(4-8(11)9(13)14)3-7-2-6(10)5-15-7/h2,5,8H,3-4H2,1H3,(H,13,14). The summed E-state index contributed by atoms with van der Waals surface area (Å²) < 4.78 is 1.05. The first kappa shape index (κ1) is 13.0. The molecule has 0 aromatic carbocycles. The molecule has 6 heteroatoms. The van der Waals surface area contributed by atoms with Gasteiger partial charge in [0.1, 0.15) is 5.38 Å². The zero-order valence-corrected chi connectivity index (χ0v) is 11.3. The number of hydrogen-bond acceptors (Lipinski definition) is 3. The van der Waals surface area contributed by atoms with E-state index in [1.807, 2.05) is 23.4 Å². The highest BCUT2D eigenvalue weighted by molar-refractivity contribution is 9.10. The molecule has 3 nitrogen and oxygen atoms in total. The normalized spacial score (nSPS) is 13.1. The smallest absolute Gasteiger partial charge is 0.322 e. The van der Waals surface area contributed by atoms with E-state index < -0.39 is 11.3 Å². The van der Waals surface area contributed by atoms with Crippen LogP contribution in [0.25, 0.3) is 0 Å². The SMILES string of the molecule is CN(Cc1cc(Br)cs1)CC(Cl)C(=O)O. The third kappa shape index (κ3) is 4.51. The van der Waals surface area contributed by atoms with Crippen molar-refractivity contribution in [3.8, 4) is 0 Å². The number of carboxylic acids is 1. The maximum Gasteiger partial charge on any atom is 0.322 e. The molecule has 0 aliphatic carbocycles. The molecule has 0 saturated carbocycles. The number of halogens is 2. The monoisotopic (exact) mass is 311 g/mol. The summed E-state index contributed by atoms with van der Waals surface area (Å²) in [5, 5.41) is 9.79. The fourth-order valence-corrected chi connectivity index (χ4v) is 2.88. The molecule has 0 fully saturated rings. The Hall–Kier alpha value is -0.100. The Morgan fingerprint density at radius 2 is 2.47 bits per heavy atom. The van der Waals surface area contributed by atoms with Crippen molar-refractivity contribution in [3.05, 3.63) is 20.8 Å². The topological polar surface area (TPSA) is 40.5 Å². The van der Waals surface area contributed by atoms with Crippen molar-refractivity contribution in [2.45, 2.75) is 11.9 Å². The zero-order valence-electron chi connectivity index (χ0n) is 8.11. The maximum absolute atomic E-state index is 10.5. The van der Waals surface area contributed by atoms with E-state index in [0.29, 0.717) is 13.1 Å². The van der Waals surface area contributed by atoms with Crippen LogP contribution in [0.2, 0.25) is 0 Å². The van der Waals surface area contributed by atoms with Gasteiger partial charge >= 0.3 is 5.97 Å². The summed E-state index contributed by atoms with van der Waals surface area (Å²) in [4.78, 5) is 13.6. The molecule has 1 heterocycles. The van der Waals surface area contributed by atoms with Gasteiger partial charge in [0.05, 0.1) is 0 Å². The molecule has 15 heavy (non-hydrogen) atoms. The quantitative estimate of drug-likeness (QED) is 0.850. The molecular weight excluding hydrogens is 302 g/mol. The third-order valence-electron chi connectivity index (χ3n) is 1.79. The average Bonchev–Trinajstić information content (AvgIpc) is 2.50. The number of carbonyl (C=O) groups is 1. The maximum atomic E-state index is 10.5. The predicted octanol–water partition coefficient (Wildman–Crippen LogP) is 2.63. The second-order valence-corrected chi connectivity index (χ2v) is 5.67. The van der Waals surface area contributed by atoms with Crippen LogP contribution in [0.15, 0.2) is 15.9 Å². The molecule has 1 aromatic heterocycles. The molecule has 1 N–H and O–H groups in total. The van der Waals surface area contributed by atoms with Gasteiger partial charge in [0.25, 0.3) is 0 Å². The number of hydrogen-bond donors (Lipinski definition) is 1. The van der Waals surface area contributed by atoms with Crippen molar-refractivity contribution in [2.75, 3.05) is 13.6 Å². The van der Waals surface area contributed by atoms with Crippen LogP contribution in [0.3, 0.4) is 0 Å². The third-order valence-corrected chi connectivity index (χ3v) is 3.79. The van der Waals surface area contributed by atoms with E-state index in [4.69, 9.17) is 16.7 Å². The molecule has 0 bridgehead atoms. The first-order chi connectivity index (χ1) is 6.99. The van der Waals surface area contributed by atoms with Gasteiger partial charge in [0.15, 0.2) is 0 Å². The first-order valence-corrected chi connectivity index (χ1v) is 6.38. The first-order valence-electron chi connectivity index (χ1n) is 4.27. The van der Waals surface area contributed by atoms with Crippen LogP contribution >= 0.6 is 38.9 Å². The fourth-order valence-electron chi connectivity index (χ4n) is 1.12. The number of alkyl halides is 1. The minimum Gasteiger partial charge on any atom is -0.480 e. The molecule has 0 aliphatic rings. The molecule has 0 spiro atoms. The van der Waals surface area contributed by atoms with Gasteiger partial charge in [-0.05, 0) is 29.0 Å². The van der Waals surface area contributed by atoms with Crippen molar-refractivity contribution in [1.29, 1.82) is 0 Å². The van der Waals surface area contributed by atoms with E-state index >= 15 is 0 Å². The van der Waals surface area contributed by atoms with Gasteiger partial charge in [-0.1, -0.05) is 0 Å². The lowest BCUT2D eigenvalue weighted by molar-refractivity contribution is -0.136. The van der Waals surface area contributed by atoms with Gasteiger partial charge < -0.3 is 5.11 Å². The molecule has 1 atom stereocenters. The molecule has 84 valence electrons. The second-order valence-electron chi connectivity index (χ2n) is 3.23. The number of nitrogens with zero attached hydrogens (tertiary/aromatic N) is 1. The molecule has 1 aromatic rings. The van der Waals surface area contributed by atoms with Crippen LogP contribution in [0, 0.1) is 0 Å². The Bertz CT molecular complexity index is 345. The Morgan fingerprint density at radius 3 is 2.93 bits per heavy atom. The number of aliphatic carboxylic acids is 1. The van der Waals surface area contributed by atoms with E-state index in [0.717, 1.165) is 4.47 Å². The molecule has 1 rings (SSSR count). The summed E-state index contributed by atoms with van der Waals surface area (Å²) in [6.07, 6.45) is 0. The molecular formula is C9H11BrClNO2S. The van der Waals surface area contributed by atoms with Crippen molar-refractivity contribution >= 4 is 44.8 Å². The molecule has 0 aliphatic heterocycles. The summed E-state index contributed by atoms with van der Waals surface area (Å²) in [5.74, 6) is -0.976. The second kappa shape index (κ2) is 5.84. The van der Waals surface area contributed by atoms with Gasteiger partial charge in [0, 0.05) is 27.8 Å². The number of thiophene rings is 1. The van der Waals surface area contributed by atoms with E-state index in [2.05, 4.69) is 15.9 Å². The van der Waals surface area contributed by atoms with E-state index in [1.165, 1.54) is 4.88 Å². The lowest BCUT2D eigenvalue weighted by Gasteiger charge is -2.16. The van der Waals surface area contributed by atoms with Crippen LogP contribution in [0.1, 0.15) is 4.88 Å². The molecule has 1 unspecified atom stereocenters. The van der Waals surface area contributed by atoms with Crippen molar-refractivity contribution in [3.63, 3.8) is 0 Å². The van der Waals surface area contributed by atoms with Crippen molar-refractivity contribution in [1.82, 2.24) is 4.90 Å². The average molecular weight is 313 g/mol. The minimum atomic E-state index is -0.976. The van der Waals surface area contributed by atoms with Crippen LogP contribution in [0.5, 0.6) is 0 Å². The van der Waals surface area contributed by atoms with Crippen molar-refractivity contribution < 1.29 is 9.90 Å². The predicted molar refractivity (Wildman–Crippen MR) is 65.6 cm³/mol. The Morgan fingerprint density at radius 1 is 1.80 bits per heavy atom. The minimum absolute atomic E-state index is 0.340. The molecule has 0 amide bonds. The summed E-state index contributed by atoms with van der Waals surface area (Å²) >= 11 is 10.6. The van der Waals surface area contributed by atoms with Crippen LogP contribution in [0.4, 0.5) is 0 Å². The molecule has 0 radical (unpaired) electrons. The number of rotatable bonds is 5. The van der Waals surface area contributed by atoms with Gasteiger partial charge in [-0.25, -0.2) is 0 Å². The Kier molecular flexibility index (Phi) is 5.05. The highest BCUT2D eigenvalue weighted by Gasteiger charge is 2.16. The van der Waals surface area contributed by atoms with E-state index in [9.17, 15) is 4.79 Å². The Labute approximate surface area is 106 Å².